The van der Waals surface area contributed by atoms with Gasteiger partial charge in [0.15, 0.2) is 12.4 Å². The summed E-state index contributed by atoms with van der Waals surface area (Å²) in [6, 6.07) is 13.2. The average molecular weight is 336 g/mol. The number of carbonyl (C=O) groups is 2. The molecule has 0 bridgehead atoms. The van der Waals surface area contributed by atoms with Crippen LogP contribution in [0.4, 0.5) is 0 Å². The molecule has 3 nitrogen and oxygen atoms in total. The van der Waals surface area contributed by atoms with Crippen molar-refractivity contribution in [1.29, 1.82) is 0 Å². The number of esters is 1. The van der Waals surface area contributed by atoms with Crippen molar-refractivity contribution in [2.24, 2.45) is 0 Å². The molecule has 3 rings (SSSR count). The van der Waals surface area contributed by atoms with Crippen LogP contribution >= 0.6 is 0 Å². The van der Waals surface area contributed by atoms with E-state index in [1.165, 1.54) is 11.1 Å². The van der Waals surface area contributed by atoms with Crippen molar-refractivity contribution < 1.29 is 14.3 Å². The number of hydrogen-bond acceptors (Lipinski definition) is 3. The van der Waals surface area contributed by atoms with Crippen LogP contribution in [0, 0.1) is 0 Å². The topological polar surface area (TPSA) is 43.4 Å². The summed E-state index contributed by atoms with van der Waals surface area (Å²) in [6.07, 6.45) is 3.26. The first-order valence-electron chi connectivity index (χ1n) is 8.77. The van der Waals surface area contributed by atoms with Crippen LogP contribution in [0.5, 0.6) is 0 Å². The standard InChI is InChI=1S/C22H24O3/c1-22(2,3)19-11-9-16(10-12-19)21(24)25-14-20(23)18-8-7-15-5-4-6-17(15)13-18/h7-13H,4-6,14H2,1-3H3. The molecule has 2 aromatic carbocycles. The minimum absolute atomic E-state index is 0.0337. The summed E-state index contributed by atoms with van der Waals surface area (Å²) in [6.45, 7) is 6.14. The maximum Gasteiger partial charge on any atom is 0.338 e. The monoisotopic (exact) mass is 336 g/mol. The van der Waals surface area contributed by atoms with E-state index in [9.17, 15) is 9.59 Å². The van der Waals surface area contributed by atoms with Crippen LogP contribution in [0.1, 0.15) is 64.6 Å². The normalized spacial score (nSPS) is 13.4. The van der Waals surface area contributed by atoms with Gasteiger partial charge in [-0.05, 0) is 59.6 Å². The van der Waals surface area contributed by atoms with Gasteiger partial charge in [-0.15, -0.1) is 0 Å². The lowest BCUT2D eigenvalue weighted by molar-refractivity contribution is 0.0474. The van der Waals surface area contributed by atoms with Crippen LogP contribution in [-0.2, 0) is 23.0 Å². The van der Waals surface area contributed by atoms with Gasteiger partial charge in [-0.1, -0.05) is 45.0 Å². The molecule has 0 aromatic heterocycles. The number of benzene rings is 2. The fourth-order valence-electron chi connectivity index (χ4n) is 3.15. The van der Waals surface area contributed by atoms with Gasteiger partial charge in [-0.2, -0.15) is 0 Å². The summed E-state index contributed by atoms with van der Waals surface area (Å²) < 4.78 is 5.20. The fourth-order valence-corrected chi connectivity index (χ4v) is 3.15. The van der Waals surface area contributed by atoms with Crippen LogP contribution in [0.15, 0.2) is 42.5 Å². The number of carbonyl (C=O) groups excluding carboxylic acids is 2. The van der Waals surface area contributed by atoms with E-state index in [-0.39, 0.29) is 17.8 Å². The summed E-state index contributed by atoms with van der Waals surface area (Å²) in [5, 5.41) is 0. The van der Waals surface area contributed by atoms with E-state index < -0.39 is 5.97 Å². The van der Waals surface area contributed by atoms with Crippen molar-refractivity contribution in [1.82, 2.24) is 0 Å². The van der Waals surface area contributed by atoms with E-state index in [1.54, 1.807) is 12.1 Å². The molecule has 0 aliphatic heterocycles. The molecule has 1 aliphatic rings. The molecule has 0 spiro atoms. The predicted molar refractivity (Wildman–Crippen MR) is 98.2 cm³/mol. The summed E-state index contributed by atoms with van der Waals surface area (Å²) in [7, 11) is 0. The van der Waals surface area contributed by atoms with Gasteiger partial charge in [0.25, 0.3) is 0 Å². The second kappa shape index (κ2) is 6.83. The molecule has 130 valence electrons. The number of fused-ring (bicyclic) bond motifs is 1. The molecule has 0 N–H and O–H groups in total. The van der Waals surface area contributed by atoms with Gasteiger partial charge in [0.1, 0.15) is 0 Å². The van der Waals surface area contributed by atoms with E-state index in [2.05, 4.69) is 20.8 Å². The van der Waals surface area contributed by atoms with Crippen molar-refractivity contribution in [2.45, 2.75) is 45.4 Å². The zero-order valence-corrected chi connectivity index (χ0v) is 15.1. The number of hydrogen-bond donors (Lipinski definition) is 0. The minimum Gasteiger partial charge on any atom is -0.454 e. The molecule has 25 heavy (non-hydrogen) atoms. The Labute approximate surface area is 149 Å². The number of rotatable bonds is 4. The molecule has 0 heterocycles. The van der Waals surface area contributed by atoms with Crippen LogP contribution in [0.25, 0.3) is 0 Å². The summed E-state index contributed by atoms with van der Waals surface area (Å²) in [5.41, 5.74) is 4.85. The summed E-state index contributed by atoms with van der Waals surface area (Å²) in [5.74, 6) is -0.621. The minimum atomic E-state index is -0.463. The number of Topliss-reactive ketones (excluding diaryl/α,β-unsaturated/α-hetero) is 1. The van der Waals surface area contributed by atoms with Gasteiger partial charge in [-0.25, -0.2) is 4.79 Å². The zero-order chi connectivity index (χ0) is 18.0. The number of ether oxygens (including phenoxy) is 1. The van der Waals surface area contributed by atoms with Crippen molar-refractivity contribution >= 4 is 11.8 Å². The fraction of sp³-hybridized carbons (Fsp3) is 0.364. The Morgan fingerprint density at radius 2 is 1.56 bits per heavy atom. The van der Waals surface area contributed by atoms with Crippen LogP contribution in [0.2, 0.25) is 0 Å². The van der Waals surface area contributed by atoms with Crippen LogP contribution < -0.4 is 0 Å². The molecule has 0 saturated heterocycles. The average Bonchev–Trinajstić information content (AvgIpc) is 3.06. The second-order valence-corrected chi connectivity index (χ2v) is 7.66. The number of aryl methyl sites for hydroxylation is 2. The molecule has 0 amide bonds. The molecule has 0 unspecified atom stereocenters. The van der Waals surface area contributed by atoms with Gasteiger partial charge in [0.2, 0.25) is 0 Å². The van der Waals surface area contributed by atoms with Crippen molar-refractivity contribution in [3.8, 4) is 0 Å². The van der Waals surface area contributed by atoms with Gasteiger partial charge < -0.3 is 4.74 Å². The molecule has 0 fully saturated rings. The highest BCUT2D eigenvalue weighted by Crippen LogP contribution is 2.24. The largest absolute Gasteiger partial charge is 0.454 e. The lowest BCUT2D eigenvalue weighted by Crippen LogP contribution is -2.15. The van der Waals surface area contributed by atoms with Crippen molar-refractivity contribution in [3.05, 3.63) is 70.3 Å². The summed E-state index contributed by atoms with van der Waals surface area (Å²) >= 11 is 0. The molecule has 0 radical (unpaired) electrons. The van der Waals surface area contributed by atoms with E-state index in [4.69, 9.17) is 4.74 Å². The molecule has 2 aromatic rings. The maximum atomic E-state index is 12.3. The van der Waals surface area contributed by atoms with E-state index in [0.29, 0.717) is 11.1 Å². The van der Waals surface area contributed by atoms with Crippen molar-refractivity contribution in [3.63, 3.8) is 0 Å². The van der Waals surface area contributed by atoms with E-state index >= 15 is 0 Å². The quantitative estimate of drug-likeness (QED) is 0.609. The Hall–Kier alpha value is -2.42. The van der Waals surface area contributed by atoms with Crippen LogP contribution in [0.3, 0.4) is 0 Å². The lowest BCUT2D eigenvalue weighted by atomic mass is 9.87. The molecule has 0 atom stereocenters. The zero-order valence-electron chi connectivity index (χ0n) is 15.1. The third kappa shape index (κ3) is 3.98. The van der Waals surface area contributed by atoms with Gasteiger partial charge in [-0.3, -0.25) is 4.79 Å². The molecule has 1 aliphatic carbocycles. The van der Waals surface area contributed by atoms with Gasteiger partial charge >= 0.3 is 5.97 Å². The first-order chi connectivity index (χ1) is 11.8. The number of ketones is 1. The Morgan fingerprint density at radius 3 is 2.24 bits per heavy atom. The summed E-state index contributed by atoms with van der Waals surface area (Å²) in [4.78, 5) is 24.4. The second-order valence-electron chi connectivity index (χ2n) is 7.66. The third-order valence-corrected chi connectivity index (χ3v) is 4.74. The highest BCUT2D eigenvalue weighted by atomic mass is 16.5. The SMILES string of the molecule is CC(C)(C)c1ccc(C(=O)OCC(=O)c2ccc3c(c2)CCC3)cc1. The molecular weight excluding hydrogens is 312 g/mol. The Bertz CT molecular complexity index is 795. The molecular formula is C22H24O3. The van der Waals surface area contributed by atoms with Crippen molar-refractivity contribution in [2.75, 3.05) is 6.61 Å². The highest BCUT2D eigenvalue weighted by Gasteiger charge is 2.17. The predicted octanol–water partition coefficient (Wildman–Crippen LogP) is 4.51. The first kappa shape index (κ1) is 17.4. The van der Waals surface area contributed by atoms with Gasteiger partial charge in [0, 0.05) is 5.56 Å². The Morgan fingerprint density at radius 1 is 0.920 bits per heavy atom. The first-order valence-corrected chi connectivity index (χ1v) is 8.77. The molecule has 0 saturated carbocycles. The maximum absolute atomic E-state index is 12.3. The highest BCUT2D eigenvalue weighted by molar-refractivity contribution is 5.99. The Balaban J connectivity index is 1.61. The molecule has 3 heteroatoms. The third-order valence-electron chi connectivity index (χ3n) is 4.74. The van der Waals surface area contributed by atoms with Crippen LogP contribution in [-0.4, -0.2) is 18.4 Å². The Kier molecular flexibility index (Phi) is 4.76. The smallest absolute Gasteiger partial charge is 0.338 e. The lowest BCUT2D eigenvalue weighted by Gasteiger charge is -2.18. The van der Waals surface area contributed by atoms with Gasteiger partial charge in [0.05, 0.1) is 5.56 Å². The van der Waals surface area contributed by atoms with E-state index in [0.717, 1.165) is 24.8 Å². The van der Waals surface area contributed by atoms with E-state index in [1.807, 2.05) is 30.3 Å².